The van der Waals surface area contributed by atoms with Gasteiger partial charge in [0.15, 0.2) is 0 Å². The molecule has 28 heavy (non-hydrogen) atoms. The van der Waals surface area contributed by atoms with Gasteiger partial charge in [-0.25, -0.2) is 0 Å². The predicted molar refractivity (Wildman–Crippen MR) is 131 cm³/mol. The normalized spacial score (nSPS) is 13.6. The molecule has 1 atom stereocenters. The van der Waals surface area contributed by atoms with E-state index in [1.54, 1.807) is 0 Å². The Bertz CT molecular complexity index is 493. The number of ether oxygens (including phenoxy) is 1. The van der Waals surface area contributed by atoms with Gasteiger partial charge in [0.05, 0.1) is 11.2 Å². The van der Waals surface area contributed by atoms with Crippen LogP contribution in [0.5, 0.6) is 0 Å². The lowest BCUT2D eigenvalue weighted by atomic mass is 9.88. The summed E-state index contributed by atoms with van der Waals surface area (Å²) in [4.78, 5) is 0. The minimum Gasteiger partial charge on any atom is -0.377 e. The van der Waals surface area contributed by atoms with Crippen LogP contribution in [0.15, 0.2) is 30.3 Å². The standard InChI is InChI=1S/C25H44OS2/c1-7-27-23(28-24(2,3)4)25(5,6)19-15-10-8-9-11-16-20-26-21-22-17-13-12-14-18-22/h12-14,17-18,23H,7-11,15-16,19-21H2,1-6H3. The number of unbranched alkanes of at least 4 members (excludes halogenated alkanes) is 5. The fraction of sp³-hybridized carbons (Fsp3) is 0.760. The SMILES string of the molecule is CCSC(SC(C)(C)C)C(C)(C)CCCCCCCCOCc1ccccc1. The second-order valence-corrected chi connectivity index (χ2v) is 13.0. The molecule has 0 bridgehead atoms. The first kappa shape index (κ1) is 25.9. The Kier molecular flexibility index (Phi) is 12.9. The zero-order valence-electron chi connectivity index (χ0n) is 19.3. The van der Waals surface area contributed by atoms with Crippen molar-refractivity contribution >= 4 is 23.5 Å². The van der Waals surface area contributed by atoms with Crippen LogP contribution in [-0.2, 0) is 11.3 Å². The summed E-state index contributed by atoms with van der Waals surface area (Å²) in [6.45, 7) is 15.9. The minimum atomic E-state index is 0.340. The first-order valence-electron chi connectivity index (χ1n) is 11.2. The van der Waals surface area contributed by atoms with Crippen LogP contribution in [0.25, 0.3) is 0 Å². The van der Waals surface area contributed by atoms with Crippen molar-refractivity contribution < 1.29 is 4.74 Å². The van der Waals surface area contributed by atoms with Crippen molar-refractivity contribution in [2.24, 2.45) is 5.41 Å². The molecule has 0 spiro atoms. The Morgan fingerprint density at radius 2 is 1.46 bits per heavy atom. The molecule has 162 valence electrons. The van der Waals surface area contributed by atoms with Gasteiger partial charge in [-0.1, -0.05) is 104 Å². The monoisotopic (exact) mass is 424 g/mol. The topological polar surface area (TPSA) is 9.23 Å². The Labute approximate surface area is 184 Å². The molecule has 1 aromatic rings. The number of rotatable bonds is 15. The Morgan fingerprint density at radius 1 is 0.857 bits per heavy atom. The highest BCUT2D eigenvalue weighted by Crippen LogP contribution is 2.46. The van der Waals surface area contributed by atoms with Crippen LogP contribution in [0.3, 0.4) is 0 Å². The third kappa shape index (κ3) is 12.4. The number of hydrogen-bond donors (Lipinski definition) is 0. The van der Waals surface area contributed by atoms with Gasteiger partial charge in [0.2, 0.25) is 0 Å². The third-order valence-corrected chi connectivity index (χ3v) is 8.42. The second-order valence-electron chi connectivity index (χ2n) is 9.42. The number of hydrogen-bond acceptors (Lipinski definition) is 3. The van der Waals surface area contributed by atoms with E-state index in [9.17, 15) is 0 Å². The van der Waals surface area contributed by atoms with Crippen LogP contribution in [0.2, 0.25) is 0 Å². The molecule has 0 aliphatic heterocycles. The summed E-state index contributed by atoms with van der Waals surface area (Å²) >= 11 is 4.30. The van der Waals surface area contributed by atoms with E-state index in [0.717, 1.165) is 13.2 Å². The van der Waals surface area contributed by atoms with Crippen molar-refractivity contribution in [3.05, 3.63) is 35.9 Å². The van der Waals surface area contributed by atoms with Crippen molar-refractivity contribution in [2.75, 3.05) is 12.4 Å². The van der Waals surface area contributed by atoms with Gasteiger partial charge < -0.3 is 4.74 Å². The maximum atomic E-state index is 5.78. The van der Waals surface area contributed by atoms with E-state index in [4.69, 9.17) is 4.74 Å². The summed E-state index contributed by atoms with van der Waals surface area (Å²) < 4.78 is 6.81. The van der Waals surface area contributed by atoms with E-state index < -0.39 is 0 Å². The van der Waals surface area contributed by atoms with E-state index in [2.05, 4.69) is 95.4 Å². The smallest absolute Gasteiger partial charge is 0.0716 e. The molecular weight excluding hydrogens is 380 g/mol. The molecule has 0 radical (unpaired) electrons. The molecule has 0 fully saturated rings. The maximum Gasteiger partial charge on any atom is 0.0716 e. The highest BCUT2D eigenvalue weighted by atomic mass is 32.2. The van der Waals surface area contributed by atoms with Gasteiger partial charge in [-0.05, 0) is 29.6 Å². The average Bonchev–Trinajstić information content (AvgIpc) is 2.62. The quantitative estimate of drug-likeness (QED) is 0.206. The van der Waals surface area contributed by atoms with E-state index >= 15 is 0 Å². The molecule has 1 rings (SSSR count). The lowest BCUT2D eigenvalue weighted by Gasteiger charge is -2.37. The summed E-state index contributed by atoms with van der Waals surface area (Å²) in [6, 6.07) is 10.5. The van der Waals surface area contributed by atoms with Crippen LogP contribution >= 0.6 is 23.5 Å². The van der Waals surface area contributed by atoms with Crippen LogP contribution < -0.4 is 0 Å². The molecule has 1 unspecified atom stereocenters. The Morgan fingerprint density at radius 3 is 2.07 bits per heavy atom. The summed E-state index contributed by atoms with van der Waals surface area (Å²) in [6.07, 6.45) is 9.28. The number of thioether (sulfide) groups is 2. The van der Waals surface area contributed by atoms with Gasteiger partial charge in [-0.3, -0.25) is 0 Å². The first-order chi connectivity index (χ1) is 13.2. The predicted octanol–water partition coefficient (Wildman–Crippen LogP) is 8.57. The minimum absolute atomic E-state index is 0.340. The largest absolute Gasteiger partial charge is 0.377 e. The summed E-state index contributed by atoms with van der Waals surface area (Å²) in [5.74, 6) is 1.21. The fourth-order valence-corrected chi connectivity index (χ4v) is 6.76. The molecular formula is C25H44OS2. The van der Waals surface area contributed by atoms with Crippen LogP contribution in [0.4, 0.5) is 0 Å². The van der Waals surface area contributed by atoms with E-state index in [0.29, 0.717) is 14.7 Å². The average molecular weight is 425 g/mol. The lowest BCUT2D eigenvalue weighted by Crippen LogP contribution is -2.28. The molecule has 0 aliphatic rings. The van der Waals surface area contributed by atoms with E-state index in [1.807, 2.05) is 0 Å². The van der Waals surface area contributed by atoms with Crippen LogP contribution in [0, 0.1) is 5.41 Å². The fourth-order valence-electron chi connectivity index (χ4n) is 3.27. The van der Waals surface area contributed by atoms with Gasteiger partial charge in [-0.2, -0.15) is 0 Å². The molecule has 1 nitrogen and oxygen atoms in total. The summed E-state index contributed by atoms with van der Waals surface area (Å²) in [5.41, 5.74) is 1.68. The van der Waals surface area contributed by atoms with Crippen LogP contribution in [-0.4, -0.2) is 21.7 Å². The maximum absolute atomic E-state index is 5.78. The van der Waals surface area contributed by atoms with Gasteiger partial charge in [0, 0.05) is 11.4 Å². The zero-order valence-corrected chi connectivity index (χ0v) is 20.9. The first-order valence-corrected chi connectivity index (χ1v) is 13.1. The highest BCUT2D eigenvalue weighted by Gasteiger charge is 2.32. The van der Waals surface area contributed by atoms with Crippen molar-refractivity contribution in [1.82, 2.24) is 0 Å². The van der Waals surface area contributed by atoms with Crippen molar-refractivity contribution in [2.45, 2.75) is 102 Å². The molecule has 0 amide bonds. The molecule has 0 heterocycles. The van der Waals surface area contributed by atoms with Gasteiger partial charge in [-0.15, -0.1) is 23.5 Å². The lowest BCUT2D eigenvalue weighted by molar-refractivity contribution is 0.116. The molecule has 0 aromatic heterocycles. The molecule has 0 saturated heterocycles. The highest BCUT2D eigenvalue weighted by molar-refractivity contribution is 8.17. The molecule has 3 heteroatoms. The Hall–Kier alpha value is -0.120. The molecule has 0 saturated carbocycles. The van der Waals surface area contributed by atoms with Crippen molar-refractivity contribution in [3.8, 4) is 0 Å². The zero-order chi connectivity index (χ0) is 20.9. The Balaban J connectivity index is 2.08. The summed E-state index contributed by atoms with van der Waals surface area (Å²) in [7, 11) is 0. The van der Waals surface area contributed by atoms with Gasteiger partial charge in [0.25, 0.3) is 0 Å². The van der Waals surface area contributed by atoms with Crippen LogP contribution in [0.1, 0.15) is 92.1 Å². The van der Waals surface area contributed by atoms with E-state index in [-0.39, 0.29) is 0 Å². The van der Waals surface area contributed by atoms with Crippen molar-refractivity contribution in [1.29, 1.82) is 0 Å². The number of benzene rings is 1. The van der Waals surface area contributed by atoms with Crippen molar-refractivity contribution in [3.63, 3.8) is 0 Å². The van der Waals surface area contributed by atoms with E-state index in [1.165, 1.54) is 56.3 Å². The van der Waals surface area contributed by atoms with Gasteiger partial charge in [0.1, 0.15) is 0 Å². The molecule has 1 aromatic carbocycles. The second kappa shape index (κ2) is 14.0. The third-order valence-electron chi connectivity index (χ3n) is 4.89. The van der Waals surface area contributed by atoms with Gasteiger partial charge >= 0.3 is 0 Å². The molecule has 0 N–H and O–H groups in total. The summed E-state index contributed by atoms with van der Waals surface area (Å²) in [5, 5.41) is 0. The molecule has 0 aliphatic carbocycles.